The number of nitrogens with zero attached hydrogens (tertiary/aromatic N) is 3. The SMILES string of the molecule is CCCCc1ncc(-c2nccn2[C@@H]2CCNC2)[nH]1. The van der Waals surface area contributed by atoms with Crippen molar-refractivity contribution in [2.24, 2.45) is 0 Å². The smallest absolute Gasteiger partial charge is 0.158 e. The summed E-state index contributed by atoms with van der Waals surface area (Å²) in [6.07, 6.45) is 10.4. The van der Waals surface area contributed by atoms with E-state index in [0.29, 0.717) is 6.04 Å². The van der Waals surface area contributed by atoms with Crippen LogP contribution < -0.4 is 5.32 Å². The predicted octanol–water partition coefficient (Wildman–Crippen LogP) is 2.15. The first kappa shape index (κ1) is 12.4. The molecule has 5 heteroatoms. The molecule has 3 heterocycles. The van der Waals surface area contributed by atoms with Crippen molar-refractivity contribution in [1.82, 2.24) is 24.8 Å². The standard InChI is InChI=1S/C14H21N5/c1-2-3-4-13-17-10-12(18-13)14-16-7-8-19(14)11-5-6-15-9-11/h7-8,10-11,15H,2-6,9H2,1H3,(H,17,18)/t11-/m1/s1. The van der Waals surface area contributed by atoms with Gasteiger partial charge in [0.15, 0.2) is 5.82 Å². The maximum absolute atomic E-state index is 4.49. The normalized spacial score (nSPS) is 19.1. The molecule has 2 N–H and O–H groups in total. The topological polar surface area (TPSA) is 58.5 Å². The minimum Gasteiger partial charge on any atom is -0.339 e. The Hall–Kier alpha value is -1.62. The second-order valence-electron chi connectivity index (χ2n) is 5.15. The fourth-order valence-electron chi connectivity index (χ4n) is 2.64. The van der Waals surface area contributed by atoms with E-state index in [1.807, 2.05) is 12.4 Å². The summed E-state index contributed by atoms with van der Waals surface area (Å²) >= 11 is 0. The highest BCUT2D eigenvalue weighted by Gasteiger charge is 2.20. The summed E-state index contributed by atoms with van der Waals surface area (Å²) in [5, 5.41) is 3.40. The minimum atomic E-state index is 0.514. The number of hydrogen-bond donors (Lipinski definition) is 2. The Morgan fingerprint density at radius 1 is 1.42 bits per heavy atom. The largest absolute Gasteiger partial charge is 0.339 e. The Balaban J connectivity index is 1.81. The van der Waals surface area contributed by atoms with Gasteiger partial charge in [0.05, 0.1) is 6.20 Å². The first-order valence-electron chi connectivity index (χ1n) is 7.16. The molecule has 19 heavy (non-hydrogen) atoms. The third-order valence-electron chi connectivity index (χ3n) is 3.73. The van der Waals surface area contributed by atoms with Crippen LogP contribution in [0.4, 0.5) is 0 Å². The number of aromatic nitrogens is 4. The minimum absolute atomic E-state index is 0.514. The van der Waals surface area contributed by atoms with Crippen LogP contribution >= 0.6 is 0 Å². The van der Waals surface area contributed by atoms with Crippen LogP contribution in [0.3, 0.4) is 0 Å². The van der Waals surface area contributed by atoms with Gasteiger partial charge in [-0.15, -0.1) is 0 Å². The van der Waals surface area contributed by atoms with Gasteiger partial charge in [0, 0.05) is 31.4 Å². The molecule has 2 aromatic rings. The van der Waals surface area contributed by atoms with Gasteiger partial charge in [-0.3, -0.25) is 0 Å². The summed E-state index contributed by atoms with van der Waals surface area (Å²) in [7, 11) is 0. The van der Waals surface area contributed by atoms with E-state index in [0.717, 1.165) is 36.9 Å². The third kappa shape index (κ3) is 2.56. The quantitative estimate of drug-likeness (QED) is 0.865. The molecule has 0 saturated carbocycles. The summed E-state index contributed by atoms with van der Waals surface area (Å²) in [5.74, 6) is 2.07. The van der Waals surface area contributed by atoms with Crippen LogP contribution in [0.15, 0.2) is 18.6 Å². The van der Waals surface area contributed by atoms with Gasteiger partial charge in [-0.05, 0) is 19.4 Å². The summed E-state index contributed by atoms with van der Waals surface area (Å²) < 4.78 is 2.26. The van der Waals surface area contributed by atoms with Gasteiger partial charge in [0.25, 0.3) is 0 Å². The second-order valence-corrected chi connectivity index (χ2v) is 5.15. The molecule has 1 atom stereocenters. The lowest BCUT2D eigenvalue weighted by Crippen LogP contribution is -2.13. The molecule has 102 valence electrons. The number of imidazole rings is 2. The molecule has 0 aromatic carbocycles. The molecule has 0 spiro atoms. The molecule has 0 radical (unpaired) electrons. The molecule has 3 rings (SSSR count). The van der Waals surface area contributed by atoms with Crippen LogP contribution in [0.5, 0.6) is 0 Å². The second kappa shape index (κ2) is 5.57. The number of hydrogen-bond acceptors (Lipinski definition) is 3. The Bertz CT molecular complexity index is 521. The predicted molar refractivity (Wildman–Crippen MR) is 74.9 cm³/mol. The van der Waals surface area contributed by atoms with Crippen LogP contribution in [-0.2, 0) is 6.42 Å². The number of aryl methyl sites for hydroxylation is 1. The number of aromatic amines is 1. The van der Waals surface area contributed by atoms with Gasteiger partial charge >= 0.3 is 0 Å². The average Bonchev–Trinajstić information content (AvgIpc) is 3.14. The van der Waals surface area contributed by atoms with Crippen molar-refractivity contribution in [3.63, 3.8) is 0 Å². The van der Waals surface area contributed by atoms with Gasteiger partial charge in [-0.25, -0.2) is 9.97 Å². The molecule has 0 amide bonds. The highest BCUT2D eigenvalue weighted by molar-refractivity contribution is 5.49. The maximum Gasteiger partial charge on any atom is 0.158 e. The zero-order valence-electron chi connectivity index (χ0n) is 11.4. The molecular weight excluding hydrogens is 238 g/mol. The van der Waals surface area contributed by atoms with Crippen molar-refractivity contribution < 1.29 is 0 Å². The van der Waals surface area contributed by atoms with E-state index in [1.54, 1.807) is 0 Å². The Morgan fingerprint density at radius 3 is 3.16 bits per heavy atom. The number of H-pyrrole nitrogens is 1. The van der Waals surface area contributed by atoms with Crippen molar-refractivity contribution >= 4 is 0 Å². The van der Waals surface area contributed by atoms with E-state index in [-0.39, 0.29) is 0 Å². The molecule has 0 bridgehead atoms. The van der Waals surface area contributed by atoms with Crippen LogP contribution in [0.25, 0.3) is 11.5 Å². The van der Waals surface area contributed by atoms with Gasteiger partial charge in [0.1, 0.15) is 11.5 Å². The molecule has 1 saturated heterocycles. The third-order valence-corrected chi connectivity index (χ3v) is 3.73. The van der Waals surface area contributed by atoms with E-state index in [1.165, 1.54) is 19.3 Å². The molecule has 0 aliphatic carbocycles. The fraction of sp³-hybridized carbons (Fsp3) is 0.571. The lowest BCUT2D eigenvalue weighted by Gasteiger charge is -2.13. The van der Waals surface area contributed by atoms with Crippen molar-refractivity contribution in [1.29, 1.82) is 0 Å². The molecule has 1 aliphatic rings. The highest BCUT2D eigenvalue weighted by atomic mass is 15.1. The first-order chi connectivity index (χ1) is 9.38. The van der Waals surface area contributed by atoms with Crippen molar-refractivity contribution in [3.8, 4) is 11.5 Å². The maximum atomic E-state index is 4.49. The molecule has 5 nitrogen and oxygen atoms in total. The number of unbranched alkanes of at least 4 members (excludes halogenated alkanes) is 1. The van der Waals surface area contributed by atoms with Gasteiger partial charge in [0.2, 0.25) is 0 Å². The monoisotopic (exact) mass is 259 g/mol. The summed E-state index contributed by atoms with van der Waals surface area (Å²) in [6, 6.07) is 0.514. The van der Waals surface area contributed by atoms with E-state index in [2.05, 4.69) is 38.0 Å². The van der Waals surface area contributed by atoms with Gasteiger partial charge in [-0.2, -0.15) is 0 Å². The summed E-state index contributed by atoms with van der Waals surface area (Å²) in [4.78, 5) is 12.3. The Morgan fingerprint density at radius 2 is 2.37 bits per heavy atom. The first-order valence-corrected chi connectivity index (χ1v) is 7.16. The summed E-state index contributed by atoms with van der Waals surface area (Å²) in [6.45, 7) is 4.32. The zero-order chi connectivity index (χ0) is 13.1. The van der Waals surface area contributed by atoms with Crippen molar-refractivity contribution in [2.75, 3.05) is 13.1 Å². The highest BCUT2D eigenvalue weighted by Crippen LogP contribution is 2.23. The number of rotatable bonds is 5. The average molecular weight is 259 g/mol. The molecule has 1 fully saturated rings. The van der Waals surface area contributed by atoms with Crippen LogP contribution in [0.2, 0.25) is 0 Å². The Labute approximate surface area is 113 Å². The fourth-order valence-corrected chi connectivity index (χ4v) is 2.64. The lowest BCUT2D eigenvalue weighted by molar-refractivity contribution is 0.551. The molecule has 2 aromatic heterocycles. The van der Waals surface area contributed by atoms with E-state index >= 15 is 0 Å². The van der Waals surface area contributed by atoms with E-state index < -0.39 is 0 Å². The van der Waals surface area contributed by atoms with E-state index in [4.69, 9.17) is 0 Å². The lowest BCUT2D eigenvalue weighted by atomic mass is 10.2. The van der Waals surface area contributed by atoms with Gasteiger partial charge in [-0.1, -0.05) is 13.3 Å². The Kier molecular flexibility index (Phi) is 3.64. The molecule has 1 aliphatic heterocycles. The van der Waals surface area contributed by atoms with Crippen LogP contribution in [0.1, 0.15) is 38.1 Å². The van der Waals surface area contributed by atoms with Crippen LogP contribution in [-0.4, -0.2) is 32.6 Å². The van der Waals surface area contributed by atoms with Crippen LogP contribution in [0, 0.1) is 0 Å². The van der Waals surface area contributed by atoms with Crippen molar-refractivity contribution in [3.05, 3.63) is 24.4 Å². The van der Waals surface area contributed by atoms with E-state index in [9.17, 15) is 0 Å². The number of nitrogens with one attached hydrogen (secondary N) is 2. The van der Waals surface area contributed by atoms with Gasteiger partial charge < -0.3 is 14.9 Å². The molecular formula is C14H21N5. The van der Waals surface area contributed by atoms with Crippen molar-refractivity contribution in [2.45, 2.75) is 38.6 Å². The zero-order valence-corrected chi connectivity index (χ0v) is 11.4. The summed E-state index contributed by atoms with van der Waals surface area (Å²) in [5.41, 5.74) is 1.03. The molecule has 0 unspecified atom stereocenters.